The van der Waals surface area contributed by atoms with Crippen molar-refractivity contribution in [3.05, 3.63) is 0 Å². The molecule has 0 atom stereocenters. The minimum absolute atomic E-state index is 0.0352. The van der Waals surface area contributed by atoms with Crippen LogP contribution in [0, 0.1) is 0 Å². The molecular weight excluding hydrogens is 448 g/mol. The quantitative estimate of drug-likeness (QED) is 0.173. The molecule has 0 aliphatic carbocycles. The summed E-state index contributed by atoms with van der Waals surface area (Å²) in [5, 5.41) is -5.04. The molecule has 13 heteroatoms. The number of halogens is 11. The monoisotopic (exact) mass is 469 g/mol. The maximum Gasteiger partial charge on any atom is 0.393 e. The predicted molar refractivity (Wildman–Crippen MR) is 86.2 cm³/mol. The van der Waals surface area contributed by atoms with E-state index in [0.29, 0.717) is 12.8 Å². The van der Waals surface area contributed by atoms with E-state index in [0.717, 1.165) is 32.1 Å². The molecule has 0 saturated carbocycles. The molecule has 0 rings (SSSR count). The van der Waals surface area contributed by atoms with E-state index in [1.54, 1.807) is 0 Å². The number of alkyl halides is 11. The number of rotatable bonds is 14. The summed E-state index contributed by atoms with van der Waals surface area (Å²) in [5.41, 5.74) is 0. The van der Waals surface area contributed by atoms with E-state index in [1.807, 2.05) is 6.92 Å². The van der Waals surface area contributed by atoms with Crippen molar-refractivity contribution in [2.24, 2.45) is 0 Å². The van der Waals surface area contributed by atoms with Crippen LogP contribution >= 0.6 is 11.6 Å². The van der Waals surface area contributed by atoms with E-state index in [9.17, 15) is 48.7 Å². The molecular formula is C16H22ClF10NO. The van der Waals surface area contributed by atoms with Crippen molar-refractivity contribution in [3.63, 3.8) is 0 Å². The lowest BCUT2D eigenvalue weighted by molar-refractivity contribution is -0.382. The van der Waals surface area contributed by atoms with Crippen LogP contribution in [0.15, 0.2) is 0 Å². The molecule has 1 amide bonds. The van der Waals surface area contributed by atoms with Crippen molar-refractivity contribution in [2.45, 2.75) is 87.4 Å². The minimum Gasteiger partial charge on any atom is -0.351 e. The molecule has 0 unspecified atom stereocenters. The summed E-state index contributed by atoms with van der Waals surface area (Å²) in [4.78, 5) is 11.2. The number of unbranched alkanes of at least 4 members (excludes halogenated alkanes) is 7. The van der Waals surface area contributed by atoms with E-state index in [2.05, 4.69) is 11.6 Å². The molecule has 0 bridgehead atoms. The molecule has 0 radical (unpaired) electrons. The third-order valence-electron chi connectivity index (χ3n) is 4.14. The summed E-state index contributed by atoms with van der Waals surface area (Å²) in [6, 6.07) is 0. The summed E-state index contributed by atoms with van der Waals surface area (Å²) < 4.78 is 131. The van der Waals surface area contributed by atoms with Gasteiger partial charge in [0, 0.05) is 6.54 Å². The summed E-state index contributed by atoms with van der Waals surface area (Å²) in [6.07, 6.45) is 5.86. The van der Waals surface area contributed by atoms with Gasteiger partial charge in [-0.1, -0.05) is 51.9 Å². The van der Waals surface area contributed by atoms with Gasteiger partial charge in [-0.05, 0) is 18.0 Å². The maximum absolute atomic E-state index is 13.5. The molecule has 174 valence electrons. The predicted octanol–water partition coefficient (Wildman–Crippen LogP) is 6.62. The first-order chi connectivity index (χ1) is 13.0. The second-order valence-corrected chi connectivity index (χ2v) is 7.00. The Morgan fingerprint density at radius 1 is 0.690 bits per heavy atom. The topological polar surface area (TPSA) is 29.1 Å². The van der Waals surface area contributed by atoms with E-state index in [-0.39, 0.29) is 6.42 Å². The Morgan fingerprint density at radius 2 is 1.10 bits per heavy atom. The summed E-state index contributed by atoms with van der Waals surface area (Å²) >= 11 is 3.67. The zero-order valence-electron chi connectivity index (χ0n) is 15.4. The average Bonchev–Trinajstić information content (AvgIpc) is 2.58. The van der Waals surface area contributed by atoms with E-state index < -0.39 is 41.5 Å². The SMILES string of the molecule is CCCCCCCCCCNC(=O)C(F)(F)C(F)(F)C(F)(F)C(F)(F)C(F)(F)Cl. The van der Waals surface area contributed by atoms with Crippen molar-refractivity contribution in [1.29, 1.82) is 0 Å². The Balaban J connectivity index is 4.86. The van der Waals surface area contributed by atoms with E-state index in [1.165, 1.54) is 5.32 Å². The molecule has 0 aliphatic rings. The van der Waals surface area contributed by atoms with Gasteiger partial charge in [0.1, 0.15) is 0 Å². The van der Waals surface area contributed by atoms with Gasteiger partial charge in [0.05, 0.1) is 0 Å². The molecule has 0 aromatic carbocycles. The molecule has 0 heterocycles. The van der Waals surface area contributed by atoms with Crippen LogP contribution in [0.5, 0.6) is 0 Å². The lowest BCUT2D eigenvalue weighted by atomic mass is 9.98. The van der Waals surface area contributed by atoms with Crippen LogP contribution in [0.4, 0.5) is 43.9 Å². The zero-order chi connectivity index (χ0) is 23.1. The molecule has 1 N–H and O–H groups in total. The highest BCUT2D eigenvalue weighted by Crippen LogP contribution is 2.57. The van der Waals surface area contributed by atoms with Crippen molar-refractivity contribution in [1.82, 2.24) is 5.32 Å². The van der Waals surface area contributed by atoms with Gasteiger partial charge in [0.25, 0.3) is 5.91 Å². The van der Waals surface area contributed by atoms with Gasteiger partial charge in [-0.15, -0.1) is 0 Å². The zero-order valence-corrected chi connectivity index (χ0v) is 16.2. The average molecular weight is 470 g/mol. The number of hydrogen-bond donors (Lipinski definition) is 1. The number of carbonyl (C=O) groups is 1. The smallest absolute Gasteiger partial charge is 0.351 e. The molecule has 0 aromatic rings. The third-order valence-corrected chi connectivity index (χ3v) is 4.38. The van der Waals surface area contributed by atoms with Gasteiger partial charge in [0.2, 0.25) is 0 Å². The molecule has 0 saturated heterocycles. The van der Waals surface area contributed by atoms with Gasteiger partial charge < -0.3 is 5.32 Å². The van der Waals surface area contributed by atoms with Crippen molar-refractivity contribution < 1.29 is 48.7 Å². The molecule has 0 spiro atoms. The van der Waals surface area contributed by atoms with Crippen molar-refractivity contribution in [2.75, 3.05) is 6.54 Å². The molecule has 0 aromatic heterocycles. The number of nitrogens with one attached hydrogen (secondary N) is 1. The molecule has 0 aliphatic heterocycles. The fraction of sp³-hybridized carbons (Fsp3) is 0.938. The highest BCUT2D eigenvalue weighted by atomic mass is 35.5. The Labute approximate surface area is 166 Å². The van der Waals surface area contributed by atoms with Gasteiger partial charge >= 0.3 is 29.1 Å². The molecule has 0 fully saturated rings. The van der Waals surface area contributed by atoms with Gasteiger partial charge in [-0.3, -0.25) is 4.79 Å². The normalized spacial score (nSPS) is 14.2. The third kappa shape index (κ3) is 6.27. The fourth-order valence-corrected chi connectivity index (χ4v) is 2.41. The fourth-order valence-electron chi connectivity index (χ4n) is 2.29. The van der Waals surface area contributed by atoms with Crippen LogP contribution in [0.25, 0.3) is 0 Å². The Hall–Kier alpha value is -0.940. The summed E-state index contributed by atoms with van der Waals surface area (Å²) in [7, 11) is 0. The Morgan fingerprint density at radius 3 is 1.52 bits per heavy atom. The maximum atomic E-state index is 13.5. The van der Waals surface area contributed by atoms with Gasteiger partial charge in [0.15, 0.2) is 0 Å². The van der Waals surface area contributed by atoms with Gasteiger partial charge in [-0.2, -0.15) is 43.9 Å². The lowest BCUT2D eigenvalue weighted by Gasteiger charge is -2.37. The number of amides is 1. The van der Waals surface area contributed by atoms with Crippen molar-refractivity contribution >= 4 is 17.5 Å². The van der Waals surface area contributed by atoms with Crippen LogP contribution in [0.2, 0.25) is 0 Å². The molecule has 29 heavy (non-hydrogen) atoms. The largest absolute Gasteiger partial charge is 0.393 e. The second kappa shape index (κ2) is 10.4. The van der Waals surface area contributed by atoms with Crippen molar-refractivity contribution in [3.8, 4) is 0 Å². The number of carbonyl (C=O) groups excluding carboxylic acids is 1. The second-order valence-electron chi connectivity index (χ2n) is 6.53. The van der Waals surface area contributed by atoms with Crippen LogP contribution in [0.1, 0.15) is 58.3 Å². The van der Waals surface area contributed by atoms with E-state index in [4.69, 9.17) is 0 Å². The first-order valence-electron chi connectivity index (χ1n) is 8.84. The first kappa shape index (κ1) is 28.1. The van der Waals surface area contributed by atoms with Crippen LogP contribution < -0.4 is 5.32 Å². The lowest BCUT2D eigenvalue weighted by Crippen LogP contribution is -2.69. The standard InChI is InChI=1S/C16H22ClF10NO/c1-2-3-4-5-6-7-8-9-10-28-11(29)12(18,19)13(20,21)14(22,23)15(24,25)16(17,26)27/h2-10H2,1H3,(H,28,29). The van der Waals surface area contributed by atoms with Gasteiger partial charge in [-0.25, -0.2) is 0 Å². The van der Waals surface area contributed by atoms with Crippen LogP contribution in [0.3, 0.4) is 0 Å². The summed E-state index contributed by atoms with van der Waals surface area (Å²) in [5.74, 6) is -30.9. The number of hydrogen-bond acceptors (Lipinski definition) is 1. The Bertz CT molecular complexity index is 522. The van der Waals surface area contributed by atoms with Crippen LogP contribution in [-0.4, -0.2) is 41.5 Å². The minimum atomic E-state index is -7.33. The van der Waals surface area contributed by atoms with E-state index >= 15 is 0 Å². The summed E-state index contributed by atoms with van der Waals surface area (Å²) in [6.45, 7) is 1.40. The Kier molecular flexibility index (Phi) is 10.1. The first-order valence-corrected chi connectivity index (χ1v) is 9.22. The highest BCUT2D eigenvalue weighted by Gasteiger charge is 2.87. The van der Waals surface area contributed by atoms with Crippen LogP contribution in [-0.2, 0) is 4.79 Å². The highest BCUT2D eigenvalue weighted by molar-refractivity contribution is 6.22. The molecule has 2 nitrogen and oxygen atoms in total.